The number of aromatic nitrogens is 4. The first-order chi connectivity index (χ1) is 16.6. The molecule has 1 aromatic heterocycles. The van der Waals surface area contributed by atoms with E-state index in [1.54, 1.807) is 22.9 Å². The molecule has 0 bridgehead atoms. The molecule has 0 unspecified atom stereocenters. The third kappa shape index (κ3) is 6.34. The van der Waals surface area contributed by atoms with Crippen molar-refractivity contribution in [1.29, 1.82) is 0 Å². The number of ether oxygens (including phenoxy) is 2. The molecule has 0 saturated heterocycles. The van der Waals surface area contributed by atoms with Crippen molar-refractivity contribution in [2.45, 2.75) is 65.8 Å². The van der Waals surface area contributed by atoms with Gasteiger partial charge in [-0.15, -0.1) is 5.10 Å². The number of carbonyl (C=O) groups is 1. The van der Waals surface area contributed by atoms with E-state index in [9.17, 15) is 9.90 Å². The van der Waals surface area contributed by atoms with Crippen molar-refractivity contribution >= 4 is 5.97 Å². The standard InChI is InChI=1S/C26H34N4O4/c1-4-7-13-30-25(27-28-29-30)22-17-21(19-11-10-12-20(16-19)26(31)32)23(33-14-8-5-2)18-24(22)34-15-9-6-3/h10-12,16-18H,4-9,13-15H2,1-3H3,(H,31,32). The quantitative estimate of drug-likeness (QED) is 0.297. The maximum absolute atomic E-state index is 11.6. The average molecular weight is 467 g/mol. The second kappa shape index (κ2) is 12.7. The van der Waals surface area contributed by atoms with Gasteiger partial charge in [-0.2, -0.15) is 0 Å². The lowest BCUT2D eigenvalue weighted by atomic mass is 9.98. The molecule has 0 radical (unpaired) electrons. The minimum atomic E-state index is -0.974. The highest BCUT2D eigenvalue weighted by Crippen LogP contribution is 2.41. The van der Waals surface area contributed by atoms with Crippen molar-refractivity contribution in [1.82, 2.24) is 20.2 Å². The van der Waals surface area contributed by atoms with Crippen LogP contribution in [-0.4, -0.2) is 44.5 Å². The number of benzene rings is 2. The van der Waals surface area contributed by atoms with E-state index in [0.717, 1.165) is 55.2 Å². The van der Waals surface area contributed by atoms with Crippen LogP contribution in [0, 0.1) is 0 Å². The summed E-state index contributed by atoms with van der Waals surface area (Å²) in [6.45, 7) is 8.18. The summed E-state index contributed by atoms with van der Waals surface area (Å²) >= 11 is 0. The Labute approximate surface area is 200 Å². The maximum Gasteiger partial charge on any atom is 0.335 e. The Morgan fingerprint density at radius 2 is 1.59 bits per heavy atom. The maximum atomic E-state index is 11.6. The molecule has 0 amide bonds. The molecule has 0 fully saturated rings. The number of rotatable bonds is 14. The fourth-order valence-corrected chi connectivity index (χ4v) is 3.53. The van der Waals surface area contributed by atoms with Crippen LogP contribution in [-0.2, 0) is 6.54 Å². The second-order valence-electron chi connectivity index (χ2n) is 8.21. The number of hydrogen-bond donors (Lipinski definition) is 1. The Hall–Kier alpha value is -3.42. The highest BCUT2D eigenvalue weighted by atomic mass is 16.5. The smallest absolute Gasteiger partial charge is 0.335 e. The molecule has 1 heterocycles. The summed E-state index contributed by atoms with van der Waals surface area (Å²) in [4.78, 5) is 11.6. The van der Waals surface area contributed by atoms with Gasteiger partial charge in [0, 0.05) is 18.2 Å². The fraction of sp³-hybridized carbons (Fsp3) is 0.462. The average Bonchev–Trinajstić information content (AvgIpc) is 3.31. The number of aromatic carboxylic acids is 1. The number of unbranched alkanes of at least 4 members (excludes halogenated alkanes) is 3. The molecule has 0 spiro atoms. The van der Waals surface area contributed by atoms with Crippen LogP contribution in [0.1, 0.15) is 69.7 Å². The summed E-state index contributed by atoms with van der Waals surface area (Å²) in [5.41, 5.74) is 2.51. The summed E-state index contributed by atoms with van der Waals surface area (Å²) in [5.74, 6) is 0.957. The largest absolute Gasteiger partial charge is 0.493 e. The van der Waals surface area contributed by atoms with Gasteiger partial charge in [-0.25, -0.2) is 9.48 Å². The van der Waals surface area contributed by atoms with E-state index in [1.807, 2.05) is 18.2 Å². The molecule has 1 N–H and O–H groups in total. The van der Waals surface area contributed by atoms with Gasteiger partial charge in [0.15, 0.2) is 5.82 Å². The summed E-state index contributed by atoms with van der Waals surface area (Å²) in [6.07, 6.45) is 5.84. The van der Waals surface area contributed by atoms with Gasteiger partial charge in [0.2, 0.25) is 0 Å². The van der Waals surface area contributed by atoms with Crippen molar-refractivity contribution in [2.75, 3.05) is 13.2 Å². The van der Waals surface area contributed by atoms with Crippen LogP contribution in [0.25, 0.3) is 22.5 Å². The zero-order valence-corrected chi connectivity index (χ0v) is 20.3. The number of tetrazole rings is 1. The Morgan fingerprint density at radius 1 is 0.912 bits per heavy atom. The second-order valence-corrected chi connectivity index (χ2v) is 8.21. The van der Waals surface area contributed by atoms with Crippen molar-refractivity contribution in [2.24, 2.45) is 0 Å². The predicted octanol–water partition coefficient (Wildman–Crippen LogP) is 5.86. The lowest BCUT2D eigenvalue weighted by molar-refractivity contribution is 0.0697. The van der Waals surface area contributed by atoms with E-state index >= 15 is 0 Å². The first-order valence-corrected chi connectivity index (χ1v) is 12.1. The van der Waals surface area contributed by atoms with E-state index in [-0.39, 0.29) is 5.56 Å². The number of carboxylic acids is 1. The first kappa shape index (κ1) is 25.2. The fourth-order valence-electron chi connectivity index (χ4n) is 3.53. The van der Waals surface area contributed by atoms with Crippen molar-refractivity contribution in [3.8, 4) is 34.0 Å². The van der Waals surface area contributed by atoms with E-state index in [0.29, 0.717) is 37.1 Å². The molecule has 0 aliphatic rings. The highest BCUT2D eigenvalue weighted by Gasteiger charge is 2.20. The van der Waals surface area contributed by atoms with E-state index in [1.165, 1.54) is 0 Å². The van der Waals surface area contributed by atoms with Crippen LogP contribution < -0.4 is 9.47 Å². The van der Waals surface area contributed by atoms with Gasteiger partial charge >= 0.3 is 5.97 Å². The summed E-state index contributed by atoms with van der Waals surface area (Å²) in [7, 11) is 0. The Bertz CT molecular complexity index is 1080. The number of nitrogens with zero attached hydrogens (tertiary/aromatic N) is 4. The molecule has 0 saturated carbocycles. The predicted molar refractivity (Wildman–Crippen MR) is 131 cm³/mol. The van der Waals surface area contributed by atoms with E-state index in [2.05, 4.69) is 36.3 Å². The lowest BCUT2D eigenvalue weighted by Crippen LogP contribution is -2.06. The minimum Gasteiger partial charge on any atom is -0.493 e. The highest BCUT2D eigenvalue weighted by molar-refractivity contribution is 5.90. The molecular formula is C26H34N4O4. The van der Waals surface area contributed by atoms with Crippen LogP contribution in [0.15, 0.2) is 36.4 Å². The first-order valence-electron chi connectivity index (χ1n) is 12.1. The van der Waals surface area contributed by atoms with E-state index in [4.69, 9.17) is 9.47 Å². The summed E-state index contributed by atoms with van der Waals surface area (Å²) in [6, 6.07) is 10.7. The van der Waals surface area contributed by atoms with Crippen LogP contribution in [0.5, 0.6) is 11.5 Å². The number of carboxylic acid groups (broad SMARTS) is 1. The molecule has 2 aromatic carbocycles. The molecular weight excluding hydrogens is 432 g/mol. The third-order valence-electron chi connectivity index (χ3n) is 5.51. The molecule has 0 aliphatic heterocycles. The van der Waals surface area contributed by atoms with Gasteiger partial charge in [-0.3, -0.25) is 0 Å². The van der Waals surface area contributed by atoms with Crippen molar-refractivity contribution in [3.05, 3.63) is 42.0 Å². The molecule has 0 atom stereocenters. The van der Waals surface area contributed by atoms with Gasteiger partial charge in [0.1, 0.15) is 11.5 Å². The zero-order valence-electron chi connectivity index (χ0n) is 20.3. The van der Waals surface area contributed by atoms with Crippen molar-refractivity contribution in [3.63, 3.8) is 0 Å². The Balaban J connectivity index is 2.16. The van der Waals surface area contributed by atoms with E-state index < -0.39 is 5.97 Å². The molecule has 8 nitrogen and oxygen atoms in total. The lowest BCUT2D eigenvalue weighted by Gasteiger charge is -2.18. The molecule has 3 aromatic rings. The monoisotopic (exact) mass is 466 g/mol. The minimum absolute atomic E-state index is 0.217. The third-order valence-corrected chi connectivity index (χ3v) is 5.51. The van der Waals surface area contributed by atoms with Gasteiger partial charge in [-0.05, 0) is 53.5 Å². The number of aryl methyl sites for hydroxylation is 1. The molecule has 182 valence electrons. The van der Waals surface area contributed by atoms with Crippen molar-refractivity contribution < 1.29 is 19.4 Å². The Kier molecular flexibility index (Phi) is 9.43. The number of hydrogen-bond acceptors (Lipinski definition) is 6. The van der Waals surface area contributed by atoms with Crippen LogP contribution in [0.2, 0.25) is 0 Å². The van der Waals surface area contributed by atoms with Gasteiger partial charge in [0.05, 0.1) is 24.3 Å². The van der Waals surface area contributed by atoms with Crippen LogP contribution in [0.3, 0.4) is 0 Å². The SMILES string of the molecule is CCCCOc1cc(OCCCC)c(-c2nnnn2CCCC)cc1-c1cccc(C(=O)O)c1. The normalized spacial score (nSPS) is 10.9. The van der Waals surface area contributed by atoms with Crippen LogP contribution in [0.4, 0.5) is 0 Å². The molecule has 3 rings (SSSR count). The molecule has 0 aliphatic carbocycles. The van der Waals surface area contributed by atoms with Gasteiger partial charge in [0.25, 0.3) is 0 Å². The van der Waals surface area contributed by atoms with Gasteiger partial charge in [-0.1, -0.05) is 52.2 Å². The summed E-state index contributed by atoms with van der Waals surface area (Å²) < 4.78 is 14.1. The summed E-state index contributed by atoms with van der Waals surface area (Å²) in [5, 5.41) is 21.9. The zero-order chi connectivity index (χ0) is 24.3. The topological polar surface area (TPSA) is 99.4 Å². The van der Waals surface area contributed by atoms with Gasteiger partial charge < -0.3 is 14.6 Å². The molecule has 34 heavy (non-hydrogen) atoms. The molecule has 8 heteroatoms. The van der Waals surface area contributed by atoms with Crippen LogP contribution >= 0.6 is 0 Å². The Morgan fingerprint density at radius 3 is 2.24 bits per heavy atom.